The van der Waals surface area contributed by atoms with Crippen LogP contribution in [0.1, 0.15) is 29.7 Å². The summed E-state index contributed by atoms with van der Waals surface area (Å²) in [6.07, 6.45) is 0. The van der Waals surface area contributed by atoms with E-state index in [9.17, 15) is 5.26 Å². The Balaban J connectivity index is 2.30. The fraction of sp³-hybridized carbons (Fsp3) is 0.188. The third kappa shape index (κ3) is 2.89. The number of rotatable bonds is 3. The average molecular weight is 271 g/mol. The minimum Gasteiger partial charge on any atom is -0.377 e. The standard InChI is InChI=1S/C16H15ClN2/c1-11-6-5-9-16(14(11)10-18)19-12(2)13-7-3-4-8-15(13)17/h3-9,12,19H,1-2H3. The maximum absolute atomic E-state index is 9.22. The van der Waals surface area contributed by atoms with E-state index in [-0.39, 0.29) is 6.04 Å². The first-order chi connectivity index (χ1) is 9.13. The van der Waals surface area contributed by atoms with Crippen LogP contribution in [0.4, 0.5) is 5.69 Å². The quantitative estimate of drug-likeness (QED) is 0.878. The molecule has 19 heavy (non-hydrogen) atoms. The van der Waals surface area contributed by atoms with Gasteiger partial charge in [0.25, 0.3) is 0 Å². The van der Waals surface area contributed by atoms with Crippen molar-refractivity contribution in [3.8, 4) is 6.07 Å². The van der Waals surface area contributed by atoms with Crippen LogP contribution >= 0.6 is 11.6 Å². The van der Waals surface area contributed by atoms with Crippen molar-refractivity contribution in [1.29, 1.82) is 5.26 Å². The normalized spacial score (nSPS) is 11.7. The Hall–Kier alpha value is -1.98. The summed E-state index contributed by atoms with van der Waals surface area (Å²) in [7, 11) is 0. The molecule has 0 amide bonds. The topological polar surface area (TPSA) is 35.8 Å². The van der Waals surface area contributed by atoms with Crippen molar-refractivity contribution in [3.05, 3.63) is 64.2 Å². The molecule has 0 heterocycles. The van der Waals surface area contributed by atoms with Gasteiger partial charge in [0.05, 0.1) is 17.3 Å². The molecule has 96 valence electrons. The molecule has 2 aromatic rings. The molecular weight excluding hydrogens is 256 g/mol. The van der Waals surface area contributed by atoms with Gasteiger partial charge in [0.15, 0.2) is 0 Å². The number of benzene rings is 2. The van der Waals surface area contributed by atoms with Crippen LogP contribution in [0.2, 0.25) is 5.02 Å². The van der Waals surface area contributed by atoms with Gasteiger partial charge < -0.3 is 5.32 Å². The van der Waals surface area contributed by atoms with Crippen LogP contribution in [0.5, 0.6) is 0 Å². The first kappa shape index (κ1) is 13.5. The molecule has 0 radical (unpaired) electrons. The molecule has 1 N–H and O–H groups in total. The monoisotopic (exact) mass is 270 g/mol. The molecule has 0 aliphatic carbocycles. The minimum atomic E-state index is 0.0441. The number of hydrogen-bond acceptors (Lipinski definition) is 2. The van der Waals surface area contributed by atoms with Crippen molar-refractivity contribution in [3.63, 3.8) is 0 Å². The van der Waals surface area contributed by atoms with E-state index in [1.165, 1.54) is 0 Å². The maximum Gasteiger partial charge on any atom is 0.102 e. The molecule has 2 aromatic carbocycles. The van der Waals surface area contributed by atoms with Crippen LogP contribution in [0.15, 0.2) is 42.5 Å². The van der Waals surface area contributed by atoms with E-state index in [0.717, 1.165) is 21.8 Å². The van der Waals surface area contributed by atoms with Gasteiger partial charge in [-0.25, -0.2) is 0 Å². The second-order valence-corrected chi connectivity index (χ2v) is 4.90. The van der Waals surface area contributed by atoms with Crippen molar-refractivity contribution in [2.75, 3.05) is 5.32 Å². The molecule has 1 unspecified atom stereocenters. The first-order valence-corrected chi connectivity index (χ1v) is 6.52. The first-order valence-electron chi connectivity index (χ1n) is 6.14. The van der Waals surface area contributed by atoms with Crippen LogP contribution in [0.25, 0.3) is 0 Å². The summed E-state index contributed by atoms with van der Waals surface area (Å²) in [6, 6.07) is 15.8. The van der Waals surface area contributed by atoms with Crippen LogP contribution in [-0.4, -0.2) is 0 Å². The third-order valence-electron chi connectivity index (χ3n) is 3.13. The molecule has 2 nitrogen and oxygen atoms in total. The van der Waals surface area contributed by atoms with Gasteiger partial charge in [0.1, 0.15) is 6.07 Å². The summed E-state index contributed by atoms with van der Waals surface area (Å²) >= 11 is 6.19. The molecule has 0 fully saturated rings. The lowest BCUT2D eigenvalue weighted by Gasteiger charge is -2.18. The van der Waals surface area contributed by atoms with Crippen molar-refractivity contribution in [2.24, 2.45) is 0 Å². The Morgan fingerprint density at radius 1 is 1.16 bits per heavy atom. The van der Waals surface area contributed by atoms with Crippen LogP contribution < -0.4 is 5.32 Å². The molecule has 0 spiro atoms. The highest BCUT2D eigenvalue weighted by Gasteiger charge is 2.11. The van der Waals surface area contributed by atoms with Gasteiger partial charge in [-0.1, -0.05) is 41.9 Å². The van der Waals surface area contributed by atoms with Gasteiger partial charge in [-0.3, -0.25) is 0 Å². The van der Waals surface area contributed by atoms with Gasteiger partial charge in [0.2, 0.25) is 0 Å². The molecule has 0 saturated carbocycles. The van der Waals surface area contributed by atoms with Crippen molar-refractivity contribution in [2.45, 2.75) is 19.9 Å². The number of anilines is 1. The lowest BCUT2D eigenvalue weighted by Crippen LogP contribution is -2.08. The van der Waals surface area contributed by atoms with Gasteiger partial charge in [-0.2, -0.15) is 5.26 Å². The lowest BCUT2D eigenvalue weighted by atomic mass is 10.0. The molecule has 0 bridgehead atoms. The summed E-state index contributed by atoms with van der Waals surface area (Å²) in [6.45, 7) is 3.97. The highest BCUT2D eigenvalue weighted by Crippen LogP contribution is 2.27. The van der Waals surface area contributed by atoms with Gasteiger partial charge in [-0.05, 0) is 37.1 Å². The van der Waals surface area contributed by atoms with Crippen LogP contribution in [0.3, 0.4) is 0 Å². The predicted octanol–water partition coefficient (Wildman–Crippen LogP) is 4.69. The number of nitrogens with zero attached hydrogens (tertiary/aromatic N) is 1. The molecule has 0 aromatic heterocycles. The molecule has 0 aliphatic heterocycles. The number of nitrogens with one attached hydrogen (secondary N) is 1. The fourth-order valence-electron chi connectivity index (χ4n) is 2.07. The average Bonchev–Trinajstić information content (AvgIpc) is 2.39. The van der Waals surface area contributed by atoms with E-state index in [1.807, 2.05) is 56.3 Å². The zero-order valence-electron chi connectivity index (χ0n) is 10.9. The summed E-state index contributed by atoms with van der Waals surface area (Å²) < 4.78 is 0. The smallest absolute Gasteiger partial charge is 0.102 e. The van der Waals surface area contributed by atoms with E-state index in [4.69, 9.17) is 11.6 Å². The van der Waals surface area contributed by atoms with Crippen LogP contribution in [-0.2, 0) is 0 Å². The zero-order chi connectivity index (χ0) is 13.8. The van der Waals surface area contributed by atoms with Crippen LogP contribution in [0, 0.1) is 18.3 Å². The van der Waals surface area contributed by atoms with E-state index < -0.39 is 0 Å². The number of halogens is 1. The molecule has 0 aliphatic rings. The third-order valence-corrected chi connectivity index (χ3v) is 3.47. The van der Waals surface area contributed by atoms with Gasteiger partial charge in [-0.15, -0.1) is 0 Å². The zero-order valence-corrected chi connectivity index (χ0v) is 11.7. The molecule has 0 saturated heterocycles. The van der Waals surface area contributed by atoms with E-state index in [1.54, 1.807) is 0 Å². The number of hydrogen-bond donors (Lipinski definition) is 1. The van der Waals surface area contributed by atoms with Gasteiger partial charge in [0, 0.05) is 5.02 Å². The summed E-state index contributed by atoms with van der Waals surface area (Å²) in [5, 5.41) is 13.3. The maximum atomic E-state index is 9.22. The predicted molar refractivity (Wildman–Crippen MR) is 79.4 cm³/mol. The Bertz CT molecular complexity index is 629. The molecular formula is C16H15ClN2. The van der Waals surface area contributed by atoms with Crippen molar-refractivity contribution in [1.82, 2.24) is 0 Å². The summed E-state index contributed by atoms with van der Waals surface area (Å²) in [5.74, 6) is 0. The van der Waals surface area contributed by atoms with E-state index in [2.05, 4.69) is 11.4 Å². The second kappa shape index (κ2) is 5.77. The van der Waals surface area contributed by atoms with Gasteiger partial charge >= 0.3 is 0 Å². The fourth-order valence-corrected chi connectivity index (χ4v) is 2.37. The van der Waals surface area contributed by atoms with E-state index >= 15 is 0 Å². The Labute approximate surface area is 118 Å². The number of nitriles is 1. The molecule has 3 heteroatoms. The van der Waals surface area contributed by atoms with E-state index in [0.29, 0.717) is 5.56 Å². The van der Waals surface area contributed by atoms with Crippen molar-refractivity contribution < 1.29 is 0 Å². The Kier molecular flexibility index (Phi) is 4.09. The highest BCUT2D eigenvalue weighted by molar-refractivity contribution is 6.31. The summed E-state index contributed by atoms with van der Waals surface area (Å²) in [5.41, 5.74) is 3.52. The SMILES string of the molecule is Cc1cccc(NC(C)c2ccccc2Cl)c1C#N. The lowest BCUT2D eigenvalue weighted by molar-refractivity contribution is 0.884. The number of aryl methyl sites for hydroxylation is 1. The Morgan fingerprint density at radius 3 is 2.58 bits per heavy atom. The highest BCUT2D eigenvalue weighted by atomic mass is 35.5. The molecule has 1 atom stereocenters. The van der Waals surface area contributed by atoms with Crippen molar-refractivity contribution >= 4 is 17.3 Å². The Morgan fingerprint density at radius 2 is 1.89 bits per heavy atom. The molecule has 2 rings (SSSR count). The minimum absolute atomic E-state index is 0.0441. The summed E-state index contributed by atoms with van der Waals surface area (Å²) in [4.78, 5) is 0. The largest absolute Gasteiger partial charge is 0.377 e. The second-order valence-electron chi connectivity index (χ2n) is 4.50.